The van der Waals surface area contributed by atoms with Gasteiger partial charge in [-0.2, -0.15) is 0 Å². The Morgan fingerprint density at radius 2 is 2.27 bits per heavy atom. The normalized spacial score (nSPS) is 13.0. The van der Waals surface area contributed by atoms with Crippen molar-refractivity contribution in [2.75, 3.05) is 0 Å². The van der Waals surface area contributed by atoms with Gasteiger partial charge in [-0.1, -0.05) is 22.9 Å². The van der Waals surface area contributed by atoms with Gasteiger partial charge in [-0.05, 0) is 19.4 Å². The molecule has 2 aromatic rings. The zero-order valence-corrected chi connectivity index (χ0v) is 10.1. The molecule has 5 heteroatoms. The fraction of sp³-hybridized carbons (Fsp3) is 0.400. The number of rotatable bonds is 3. The highest BCUT2D eigenvalue weighted by Crippen LogP contribution is 2.29. The number of hydrogen-bond donors (Lipinski definition) is 0. The molecule has 0 saturated carbocycles. The molecule has 0 amide bonds. The lowest BCUT2D eigenvalue weighted by Gasteiger charge is -1.97. The van der Waals surface area contributed by atoms with E-state index in [0.717, 1.165) is 17.7 Å². The number of furan rings is 1. The first-order valence-corrected chi connectivity index (χ1v) is 5.66. The van der Waals surface area contributed by atoms with Crippen LogP contribution in [0.4, 0.5) is 0 Å². The van der Waals surface area contributed by atoms with Gasteiger partial charge in [0.25, 0.3) is 5.89 Å². The van der Waals surface area contributed by atoms with Crippen LogP contribution < -0.4 is 0 Å². The molecule has 0 saturated heterocycles. The van der Waals surface area contributed by atoms with Gasteiger partial charge < -0.3 is 8.83 Å². The second kappa shape index (κ2) is 4.18. The Hall–Kier alpha value is -1.10. The van der Waals surface area contributed by atoms with Crippen LogP contribution in [0.25, 0.3) is 11.5 Å². The molecule has 2 rings (SSSR count). The van der Waals surface area contributed by atoms with E-state index >= 15 is 0 Å². The molecular formula is C10H11BrN2O2. The van der Waals surface area contributed by atoms with Crippen LogP contribution in [-0.2, 0) is 0 Å². The van der Waals surface area contributed by atoms with Gasteiger partial charge in [0.15, 0.2) is 0 Å². The summed E-state index contributed by atoms with van der Waals surface area (Å²) < 4.78 is 10.7. The molecule has 1 unspecified atom stereocenters. The van der Waals surface area contributed by atoms with Crippen LogP contribution >= 0.6 is 15.9 Å². The highest BCUT2D eigenvalue weighted by atomic mass is 79.9. The van der Waals surface area contributed by atoms with Crippen LogP contribution in [0.5, 0.6) is 0 Å². The summed E-state index contributed by atoms with van der Waals surface area (Å²) in [5, 5.41) is 7.96. The van der Waals surface area contributed by atoms with Crippen molar-refractivity contribution in [1.29, 1.82) is 0 Å². The van der Waals surface area contributed by atoms with Gasteiger partial charge in [0.1, 0.15) is 5.76 Å². The SMILES string of the molecule is CCC(Br)c1nnc(-c2ccoc2C)o1. The fourth-order valence-corrected chi connectivity index (χ4v) is 1.44. The summed E-state index contributed by atoms with van der Waals surface area (Å²) >= 11 is 3.46. The molecule has 0 aliphatic rings. The van der Waals surface area contributed by atoms with Crippen LogP contribution in [0, 0.1) is 6.92 Å². The molecule has 2 heterocycles. The molecular weight excluding hydrogens is 260 g/mol. The van der Waals surface area contributed by atoms with E-state index in [1.54, 1.807) is 6.26 Å². The van der Waals surface area contributed by atoms with Crippen molar-refractivity contribution in [2.45, 2.75) is 25.1 Å². The number of hydrogen-bond acceptors (Lipinski definition) is 4. The van der Waals surface area contributed by atoms with Gasteiger partial charge in [-0.3, -0.25) is 0 Å². The highest BCUT2D eigenvalue weighted by Gasteiger charge is 2.16. The van der Waals surface area contributed by atoms with E-state index in [0.29, 0.717) is 11.8 Å². The molecule has 15 heavy (non-hydrogen) atoms. The van der Waals surface area contributed by atoms with Crippen LogP contribution in [0.2, 0.25) is 0 Å². The Labute approximate surface area is 95.8 Å². The molecule has 2 aromatic heterocycles. The Morgan fingerprint density at radius 1 is 1.47 bits per heavy atom. The predicted octanol–water partition coefficient (Wildman–Crippen LogP) is 3.48. The summed E-state index contributed by atoms with van der Waals surface area (Å²) in [4.78, 5) is 0.117. The van der Waals surface area contributed by atoms with Crippen molar-refractivity contribution in [3.63, 3.8) is 0 Å². The van der Waals surface area contributed by atoms with Gasteiger partial charge in [0.05, 0.1) is 16.7 Å². The van der Waals surface area contributed by atoms with E-state index in [2.05, 4.69) is 26.1 Å². The second-order valence-electron chi connectivity index (χ2n) is 3.21. The topological polar surface area (TPSA) is 52.1 Å². The molecule has 4 nitrogen and oxygen atoms in total. The molecule has 1 atom stereocenters. The van der Waals surface area contributed by atoms with Crippen LogP contribution in [0.15, 0.2) is 21.2 Å². The first kappa shape index (κ1) is 10.4. The van der Waals surface area contributed by atoms with Gasteiger partial charge in [-0.15, -0.1) is 10.2 Å². The third-order valence-electron chi connectivity index (χ3n) is 2.16. The molecule has 0 radical (unpaired) electrons. The van der Waals surface area contributed by atoms with E-state index in [4.69, 9.17) is 8.83 Å². The van der Waals surface area contributed by atoms with Crippen LogP contribution in [0.1, 0.15) is 29.8 Å². The van der Waals surface area contributed by atoms with E-state index in [1.807, 2.05) is 19.9 Å². The Bertz CT molecular complexity index is 450. The van der Waals surface area contributed by atoms with Gasteiger partial charge >= 0.3 is 0 Å². The van der Waals surface area contributed by atoms with Crippen LogP contribution in [0.3, 0.4) is 0 Å². The minimum Gasteiger partial charge on any atom is -0.469 e. The summed E-state index contributed by atoms with van der Waals surface area (Å²) in [5.74, 6) is 1.90. The lowest BCUT2D eigenvalue weighted by molar-refractivity contribution is 0.496. The number of halogens is 1. The van der Waals surface area contributed by atoms with E-state index < -0.39 is 0 Å². The molecule has 80 valence electrons. The maximum Gasteiger partial charge on any atom is 0.251 e. The van der Waals surface area contributed by atoms with Crippen molar-refractivity contribution >= 4 is 15.9 Å². The third kappa shape index (κ3) is 1.97. The van der Waals surface area contributed by atoms with Crippen molar-refractivity contribution in [2.24, 2.45) is 0 Å². The summed E-state index contributed by atoms with van der Waals surface area (Å²) in [6.45, 7) is 3.91. The van der Waals surface area contributed by atoms with Crippen molar-refractivity contribution < 1.29 is 8.83 Å². The largest absolute Gasteiger partial charge is 0.469 e. The quantitative estimate of drug-likeness (QED) is 0.802. The number of nitrogens with zero attached hydrogens (tertiary/aromatic N) is 2. The van der Waals surface area contributed by atoms with E-state index in [1.165, 1.54) is 0 Å². The average molecular weight is 271 g/mol. The summed E-state index contributed by atoms with van der Waals surface area (Å²) in [6, 6.07) is 1.82. The molecule has 0 aliphatic heterocycles. The van der Waals surface area contributed by atoms with Crippen molar-refractivity contribution in [3.05, 3.63) is 24.0 Å². The van der Waals surface area contributed by atoms with Gasteiger partial charge in [-0.25, -0.2) is 0 Å². The minimum absolute atomic E-state index is 0.117. The lowest BCUT2D eigenvalue weighted by atomic mass is 10.3. The maximum atomic E-state index is 5.53. The van der Waals surface area contributed by atoms with E-state index in [9.17, 15) is 0 Å². The zero-order chi connectivity index (χ0) is 10.8. The maximum absolute atomic E-state index is 5.53. The van der Waals surface area contributed by atoms with E-state index in [-0.39, 0.29) is 4.83 Å². The fourth-order valence-electron chi connectivity index (χ4n) is 1.25. The number of aryl methyl sites for hydroxylation is 1. The Kier molecular flexibility index (Phi) is 2.90. The average Bonchev–Trinajstić information content (AvgIpc) is 2.84. The van der Waals surface area contributed by atoms with Crippen molar-refractivity contribution in [3.8, 4) is 11.5 Å². The monoisotopic (exact) mass is 270 g/mol. The first-order chi connectivity index (χ1) is 7.22. The summed E-state index contributed by atoms with van der Waals surface area (Å²) in [5.41, 5.74) is 0.851. The molecule has 0 spiro atoms. The predicted molar refractivity (Wildman–Crippen MR) is 58.7 cm³/mol. The lowest BCUT2D eigenvalue weighted by Crippen LogP contribution is -1.86. The van der Waals surface area contributed by atoms with Crippen LogP contribution in [-0.4, -0.2) is 10.2 Å². The number of aromatic nitrogens is 2. The standard InChI is InChI=1S/C10H11BrN2O2/c1-3-8(11)10-13-12-9(15-10)7-4-5-14-6(7)2/h4-5,8H,3H2,1-2H3. The van der Waals surface area contributed by atoms with Gasteiger partial charge in [0.2, 0.25) is 5.89 Å². The van der Waals surface area contributed by atoms with Gasteiger partial charge in [0, 0.05) is 0 Å². The third-order valence-corrected chi connectivity index (χ3v) is 3.20. The van der Waals surface area contributed by atoms with Crippen molar-refractivity contribution in [1.82, 2.24) is 10.2 Å². The highest BCUT2D eigenvalue weighted by molar-refractivity contribution is 9.09. The molecule has 0 fully saturated rings. The molecule has 0 aromatic carbocycles. The summed E-state index contributed by atoms with van der Waals surface area (Å²) in [6.07, 6.45) is 2.52. The summed E-state index contributed by atoms with van der Waals surface area (Å²) in [7, 11) is 0. The molecule has 0 aliphatic carbocycles. The Morgan fingerprint density at radius 3 is 2.87 bits per heavy atom. The molecule has 0 bridgehead atoms. The zero-order valence-electron chi connectivity index (χ0n) is 8.53. The second-order valence-corrected chi connectivity index (χ2v) is 4.32. The first-order valence-electron chi connectivity index (χ1n) is 4.74. The number of alkyl halides is 1. The minimum atomic E-state index is 0.117. The Balaban J connectivity index is 2.32. The molecule has 0 N–H and O–H groups in total. The smallest absolute Gasteiger partial charge is 0.251 e.